The van der Waals surface area contributed by atoms with E-state index in [-0.39, 0.29) is 30.2 Å². The highest BCUT2D eigenvalue weighted by Gasteiger charge is 2.28. The van der Waals surface area contributed by atoms with Crippen molar-refractivity contribution in [3.05, 3.63) is 39.7 Å². The maximum absolute atomic E-state index is 13.8. The first-order valence-electron chi connectivity index (χ1n) is 6.50. The molecule has 0 aliphatic carbocycles. The average Bonchev–Trinajstić information content (AvgIpc) is 2.48. The Kier molecular flexibility index (Phi) is 4.81. The van der Waals surface area contributed by atoms with Crippen molar-refractivity contribution >= 4 is 11.6 Å². The highest BCUT2D eigenvalue weighted by molar-refractivity contribution is 5.80. The monoisotopic (exact) mass is 297 g/mol. The summed E-state index contributed by atoms with van der Waals surface area (Å²) in [7, 11) is 1.51. The summed E-state index contributed by atoms with van der Waals surface area (Å²) < 4.78 is 19.2. The number of nitro groups is 1. The number of rotatable bonds is 4. The van der Waals surface area contributed by atoms with Crippen LogP contribution in [0.2, 0.25) is 0 Å². The predicted octanol–water partition coefficient (Wildman–Crippen LogP) is 0.681. The van der Waals surface area contributed by atoms with Gasteiger partial charge in [-0.2, -0.15) is 0 Å². The zero-order valence-corrected chi connectivity index (χ0v) is 11.5. The Morgan fingerprint density at radius 1 is 1.62 bits per heavy atom. The molecule has 0 bridgehead atoms. The third kappa shape index (κ3) is 3.53. The smallest absolute Gasteiger partial charge is 0.276 e. The lowest BCUT2D eigenvalue weighted by molar-refractivity contribution is -0.386. The number of halogens is 1. The van der Waals surface area contributed by atoms with E-state index in [1.165, 1.54) is 25.2 Å². The van der Waals surface area contributed by atoms with Gasteiger partial charge in [-0.25, -0.2) is 4.39 Å². The topological polar surface area (TPSA) is 84.7 Å². The maximum atomic E-state index is 13.8. The standard InChI is InChI=1S/C13H16FN3O4/c1-15-13(18)12-8-16(5-6-21-12)7-9-10(14)3-2-4-11(9)17(19)20/h2-4,12H,5-8H2,1H3,(H,15,18). The second kappa shape index (κ2) is 6.59. The quantitative estimate of drug-likeness (QED) is 0.652. The van der Waals surface area contributed by atoms with Gasteiger partial charge < -0.3 is 10.1 Å². The molecule has 7 nitrogen and oxygen atoms in total. The number of ether oxygens (including phenoxy) is 1. The van der Waals surface area contributed by atoms with Crippen molar-refractivity contribution in [3.8, 4) is 0 Å². The van der Waals surface area contributed by atoms with E-state index in [1.54, 1.807) is 4.90 Å². The molecular weight excluding hydrogens is 281 g/mol. The average molecular weight is 297 g/mol. The third-order valence-electron chi connectivity index (χ3n) is 3.36. The summed E-state index contributed by atoms with van der Waals surface area (Å²) in [6.45, 7) is 1.14. The predicted molar refractivity (Wildman–Crippen MR) is 72.1 cm³/mol. The fourth-order valence-corrected chi connectivity index (χ4v) is 2.26. The molecule has 2 rings (SSSR count). The number of nitrogens with zero attached hydrogens (tertiary/aromatic N) is 2. The van der Waals surface area contributed by atoms with Crippen LogP contribution in [0.3, 0.4) is 0 Å². The maximum Gasteiger partial charge on any atom is 0.276 e. The van der Waals surface area contributed by atoms with Crippen molar-refractivity contribution in [2.75, 3.05) is 26.7 Å². The molecule has 1 fully saturated rings. The van der Waals surface area contributed by atoms with Crippen molar-refractivity contribution in [1.29, 1.82) is 0 Å². The number of benzene rings is 1. The fourth-order valence-electron chi connectivity index (χ4n) is 2.26. The van der Waals surface area contributed by atoms with E-state index in [4.69, 9.17) is 4.74 Å². The summed E-state index contributed by atoms with van der Waals surface area (Å²) in [6, 6.07) is 3.78. The molecule has 0 spiro atoms. The summed E-state index contributed by atoms with van der Waals surface area (Å²) in [4.78, 5) is 23.7. The van der Waals surface area contributed by atoms with Gasteiger partial charge in [0, 0.05) is 32.7 Å². The molecule has 0 aromatic heterocycles. The first-order valence-corrected chi connectivity index (χ1v) is 6.50. The second-order valence-corrected chi connectivity index (χ2v) is 4.70. The lowest BCUT2D eigenvalue weighted by atomic mass is 10.1. The summed E-state index contributed by atoms with van der Waals surface area (Å²) in [5.74, 6) is -0.880. The van der Waals surface area contributed by atoms with E-state index < -0.39 is 16.8 Å². The zero-order chi connectivity index (χ0) is 15.4. The van der Waals surface area contributed by atoms with Crippen molar-refractivity contribution in [2.45, 2.75) is 12.6 Å². The Balaban J connectivity index is 2.15. The van der Waals surface area contributed by atoms with Crippen LogP contribution in [0.5, 0.6) is 0 Å². The molecular formula is C13H16FN3O4. The van der Waals surface area contributed by atoms with Crippen LogP contribution in [-0.2, 0) is 16.1 Å². The van der Waals surface area contributed by atoms with E-state index in [2.05, 4.69) is 5.32 Å². The number of amides is 1. The first-order chi connectivity index (χ1) is 10.0. The van der Waals surface area contributed by atoms with Crippen LogP contribution in [0.4, 0.5) is 10.1 Å². The largest absolute Gasteiger partial charge is 0.366 e. The molecule has 0 radical (unpaired) electrons. The lowest BCUT2D eigenvalue weighted by Gasteiger charge is -2.31. The van der Waals surface area contributed by atoms with Gasteiger partial charge in [0.2, 0.25) is 5.91 Å². The molecule has 0 saturated carbocycles. The van der Waals surface area contributed by atoms with E-state index in [0.717, 1.165) is 0 Å². The van der Waals surface area contributed by atoms with E-state index in [1.807, 2.05) is 0 Å². The van der Waals surface area contributed by atoms with Crippen molar-refractivity contribution in [2.24, 2.45) is 0 Å². The molecule has 114 valence electrons. The SMILES string of the molecule is CNC(=O)C1CN(Cc2c(F)cccc2[N+](=O)[O-])CCO1. The molecule has 21 heavy (non-hydrogen) atoms. The Morgan fingerprint density at radius 3 is 3.05 bits per heavy atom. The number of nitrogens with one attached hydrogen (secondary N) is 1. The minimum atomic E-state index is -0.644. The minimum Gasteiger partial charge on any atom is -0.366 e. The zero-order valence-electron chi connectivity index (χ0n) is 11.5. The number of carbonyl (C=O) groups is 1. The van der Waals surface area contributed by atoms with Gasteiger partial charge >= 0.3 is 0 Å². The van der Waals surface area contributed by atoms with Crippen LogP contribution < -0.4 is 5.32 Å². The van der Waals surface area contributed by atoms with Gasteiger partial charge in [-0.1, -0.05) is 6.07 Å². The number of morpholine rings is 1. The second-order valence-electron chi connectivity index (χ2n) is 4.70. The number of hydrogen-bond acceptors (Lipinski definition) is 5. The summed E-state index contributed by atoms with van der Waals surface area (Å²) in [6.07, 6.45) is -0.644. The highest BCUT2D eigenvalue weighted by Crippen LogP contribution is 2.23. The molecule has 1 unspecified atom stereocenters. The van der Waals surface area contributed by atoms with Crippen LogP contribution in [0, 0.1) is 15.9 Å². The third-order valence-corrected chi connectivity index (χ3v) is 3.36. The number of likely N-dealkylation sites (N-methyl/N-ethyl adjacent to an activating group) is 1. The van der Waals surface area contributed by atoms with Crippen molar-refractivity contribution in [1.82, 2.24) is 10.2 Å². The van der Waals surface area contributed by atoms with Crippen LogP contribution in [0.1, 0.15) is 5.56 Å². The molecule has 1 heterocycles. The summed E-state index contributed by atoms with van der Waals surface area (Å²) in [5, 5.41) is 13.5. The molecule has 1 aromatic rings. The van der Waals surface area contributed by atoms with Gasteiger partial charge in [-0.3, -0.25) is 19.8 Å². The number of nitro benzene ring substituents is 1. The van der Waals surface area contributed by atoms with Gasteiger partial charge in [-0.05, 0) is 6.07 Å². The molecule has 1 amide bonds. The van der Waals surface area contributed by atoms with Crippen LogP contribution in [-0.4, -0.2) is 48.6 Å². The first kappa shape index (κ1) is 15.3. The molecule has 1 atom stereocenters. The lowest BCUT2D eigenvalue weighted by Crippen LogP contribution is -2.48. The molecule has 1 saturated heterocycles. The van der Waals surface area contributed by atoms with E-state index >= 15 is 0 Å². The van der Waals surface area contributed by atoms with Gasteiger partial charge in [0.1, 0.15) is 11.9 Å². The van der Waals surface area contributed by atoms with Gasteiger partial charge in [0.05, 0.1) is 17.1 Å². The van der Waals surface area contributed by atoms with E-state index in [0.29, 0.717) is 13.2 Å². The molecule has 1 aliphatic heterocycles. The Labute approximate surface area is 120 Å². The molecule has 1 aromatic carbocycles. The van der Waals surface area contributed by atoms with Crippen LogP contribution >= 0.6 is 0 Å². The Morgan fingerprint density at radius 2 is 2.38 bits per heavy atom. The van der Waals surface area contributed by atoms with Crippen LogP contribution in [0.15, 0.2) is 18.2 Å². The van der Waals surface area contributed by atoms with Gasteiger partial charge in [0.25, 0.3) is 5.69 Å². The molecule has 1 aliphatic rings. The minimum absolute atomic E-state index is 0.0278. The Hall–Kier alpha value is -2.06. The van der Waals surface area contributed by atoms with Crippen LogP contribution in [0.25, 0.3) is 0 Å². The van der Waals surface area contributed by atoms with Crippen molar-refractivity contribution in [3.63, 3.8) is 0 Å². The Bertz CT molecular complexity index is 552. The summed E-state index contributed by atoms with van der Waals surface area (Å²) in [5.41, 5.74) is -0.224. The van der Waals surface area contributed by atoms with E-state index in [9.17, 15) is 19.3 Å². The van der Waals surface area contributed by atoms with Gasteiger partial charge in [0.15, 0.2) is 0 Å². The fraction of sp³-hybridized carbons (Fsp3) is 0.462. The number of hydrogen-bond donors (Lipinski definition) is 1. The number of carbonyl (C=O) groups excluding carboxylic acids is 1. The molecule has 8 heteroatoms. The van der Waals surface area contributed by atoms with Gasteiger partial charge in [-0.15, -0.1) is 0 Å². The van der Waals surface area contributed by atoms with Crippen molar-refractivity contribution < 1.29 is 18.8 Å². The normalized spacial score (nSPS) is 19.2. The highest BCUT2D eigenvalue weighted by atomic mass is 19.1. The molecule has 1 N–H and O–H groups in total. The summed E-state index contributed by atoms with van der Waals surface area (Å²) >= 11 is 0.